The second-order valence-corrected chi connectivity index (χ2v) is 3.52. The number of ether oxygens (including phenoxy) is 1. The predicted molar refractivity (Wildman–Crippen MR) is 64.6 cm³/mol. The summed E-state index contributed by atoms with van der Waals surface area (Å²) >= 11 is 0. The minimum Gasteiger partial charge on any atom is -0.494 e. The first-order chi connectivity index (χ1) is 8.26. The van der Waals surface area contributed by atoms with Gasteiger partial charge in [-0.3, -0.25) is 4.79 Å². The summed E-state index contributed by atoms with van der Waals surface area (Å²) < 4.78 is 5.38. The van der Waals surface area contributed by atoms with Crippen molar-refractivity contribution in [3.05, 3.63) is 29.8 Å². The van der Waals surface area contributed by atoms with Crippen LogP contribution in [0.1, 0.15) is 18.9 Å². The molecule has 0 aromatic heterocycles. The zero-order chi connectivity index (χ0) is 12.5. The van der Waals surface area contributed by atoms with Crippen molar-refractivity contribution in [2.24, 2.45) is 0 Å². The molecule has 1 rings (SSSR count). The number of hydrogen-bond donors (Lipinski definition) is 1. The van der Waals surface area contributed by atoms with E-state index in [1.165, 1.54) is 0 Å². The van der Waals surface area contributed by atoms with Crippen LogP contribution in [0.2, 0.25) is 0 Å². The number of hydrogen-bond acceptors (Lipinski definition) is 3. The molecule has 4 heteroatoms. The maximum absolute atomic E-state index is 11.0. The van der Waals surface area contributed by atoms with Crippen molar-refractivity contribution in [3.63, 3.8) is 0 Å². The largest absolute Gasteiger partial charge is 0.494 e. The summed E-state index contributed by atoms with van der Waals surface area (Å²) in [5, 5.41) is 11.0. The molecule has 0 aliphatic heterocycles. The summed E-state index contributed by atoms with van der Waals surface area (Å²) in [7, 11) is 0. The molecule has 90 valence electrons. The van der Waals surface area contributed by atoms with Crippen LogP contribution in [0.3, 0.4) is 0 Å². The summed E-state index contributed by atoms with van der Waals surface area (Å²) in [6, 6.07) is 9.59. The fourth-order valence-corrected chi connectivity index (χ4v) is 1.44. The van der Waals surface area contributed by atoms with Crippen molar-refractivity contribution >= 4 is 5.91 Å². The van der Waals surface area contributed by atoms with Crippen molar-refractivity contribution < 1.29 is 9.53 Å². The fraction of sp³-hybridized carbons (Fsp3) is 0.385. The molecule has 0 radical (unpaired) electrons. The molecule has 0 atom stereocenters. The molecule has 1 aromatic rings. The van der Waals surface area contributed by atoms with Gasteiger partial charge in [0.15, 0.2) is 0 Å². The van der Waals surface area contributed by atoms with Crippen LogP contribution in [0.25, 0.3) is 0 Å². The standard InChI is InChI=1S/C13H16N2O2/c1-2-17-12-5-3-4-11(10-12)7-9-15-13(16)6-8-14/h3-5,10H,2,6-7,9H2,1H3,(H,15,16). The van der Waals surface area contributed by atoms with Gasteiger partial charge >= 0.3 is 0 Å². The quantitative estimate of drug-likeness (QED) is 0.811. The van der Waals surface area contributed by atoms with Crippen LogP contribution in [0.15, 0.2) is 24.3 Å². The zero-order valence-corrected chi connectivity index (χ0v) is 9.90. The van der Waals surface area contributed by atoms with Gasteiger partial charge in [-0.25, -0.2) is 0 Å². The highest BCUT2D eigenvalue weighted by Gasteiger charge is 2.00. The summed E-state index contributed by atoms with van der Waals surface area (Å²) in [4.78, 5) is 11.0. The van der Waals surface area contributed by atoms with Gasteiger partial charge in [-0.15, -0.1) is 0 Å². The molecule has 0 aliphatic carbocycles. The third kappa shape index (κ3) is 5.03. The van der Waals surface area contributed by atoms with E-state index in [-0.39, 0.29) is 12.3 Å². The maximum atomic E-state index is 11.0. The summed E-state index contributed by atoms with van der Waals surface area (Å²) in [5.41, 5.74) is 1.10. The summed E-state index contributed by atoms with van der Waals surface area (Å²) in [6.45, 7) is 3.12. The Bertz CT molecular complexity index is 410. The van der Waals surface area contributed by atoms with Gasteiger partial charge in [0.1, 0.15) is 12.2 Å². The van der Waals surface area contributed by atoms with E-state index in [2.05, 4.69) is 5.32 Å². The lowest BCUT2D eigenvalue weighted by Gasteiger charge is -2.06. The van der Waals surface area contributed by atoms with Crippen molar-refractivity contribution in [1.82, 2.24) is 5.32 Å². The zero-order valence-electron chi connectivity index (χ0n) is 9.90. The molecular formula is C13H16N2O2. The Morgan fingerprint density at radius 2 is 2.35 bits per heavy atom. The number of nitrogens with one attached hydrogen (secondary N) is 1. The number of nitriles is 1. The monoisotopic (exact) mass is 232 g/mol. The molecule has 4 nitrogen and oxygen atoms in total. The number of carbonyl (C=O) groups is 1. The van der Waals surface area contributed by atoms with E-state index < -0.39 is 0 Å². The lowest BCUT2D eigenvalue weighted by atomic mass is 10.1. The first kappa shape index (κ1) is 13.0. The van der Waals surface area contributed by atoms with Crippen LogP contribution in [-0.4, -0.2) is 19.1 Å². The molecule has 0 aliphatic rings. The Balaban J connectivity index is 2.39. The average Bonchev–Trinajstić information content (AvgIpc) is 2.30. The smallest absolute Gasteiger partial charge is 0.234 e. The Hall–Kier alpha value is -2.02. The molecule has 0 heterocycles. The number of amides is 1. The molecule has 0 saturated carbocycles. The molecule has 0 bridgehead atoms. The number of rotatable bonds is 6. The first-order valence-electron chi connectivity index (χ1n) is 5.61. The third-order valence-electron chi connectivity index (χ3n) is 2.18. The van der Waals surface area contributed by atoms with Gasteiger partial charge in [0.2, 0.25) is 5.91 Å². The Morgan fingerprint density at radius 1 is 1.53 bits per heavy atom. The van der Waals surface area contributed by atoms with Gasteiger partial charge in [-0.2, -0.15) is 5.26 Å². The Kier molecular flexibility index (Phi) is 5.59. The lowest BCUT2D eigenvalue weighted by molar-refractivity contribution is -0.120. The highest BCUT2D eigenvalue weighted by Crippen LogP contribution is 2.13. The van der Waals surface area contributed by atoms with Gasteiger partial charge in [0.25, 0.3) is 0 Å². The third-order valence-corrected chi connectivity index (χ3v) is 2.18. The molecule has 0 fully saturated rings. The molecule has 1 amide bonds. The minimum absolute atomic E-state index is 0.0843. The van der Waals surface area contributed by atoms with Gasteiger partial charge in [0.05, 0.1) is 12.7 Å². The predicted octanol–water partition coefficient (Wildman–Crippen LogP) is 1.66. The normalized spacial score (nSPS) is 9.41. The van der Waals surface area contributed by atoms with Gasteiger partial charge in [0, 0.05) is 6.54 Å². The van der Waals surface area contributed by atoms with E-state index in [4.69, 9.17) is 10.00 Å². The highest BCUT2D eigenvalue weighted by atomic mass is 16.5. The van der Waals surface area contributed by atoms with Crippen LogP contribution < -0.4 is 10.1 Å². The van der Waals surface area contributed by atoms with E-state index in [1.54, 1.807) is 0 Å². The number of nitrogens with zero attached hydrogens (tertiary/aromatic N) is 1. The molecule has 1 N–H and O–H groups in total. The average molecular weight is 232 g/mol. The van der Waals surface area contributed by atoms with E-state index in [9.17, 15) is 4.79 Å². The molecule has 0 spiro atoms. The Morgan fingerprint density at radius 3 is 3.06 bits per heavy atom. The second kappa shape index (κ2) is 7.29. The number of benzene rings is 1. The summed E-state index contributed by atoms with van der Waals surface area (Å²) in [6.07, 6.45) is 0.650. The van der Waals surface area contributed by atoms with Gasteiger partial charge < -0.3 is 10.1 Å². The highest BCUT2D eigenvalue weighted by molar-refractivity contribution is 5.77. The van der Waals surface area contributed by atoms with Crippen LogP contribution in [0.4, 0.5) is 0 Å². The van der Waals surface area contributed by atoms with Crippen molar-refractivity contribution in [1.29, 1.82) is 5.26 Å². The lowest BCUT2D eigenvalue weighted by Crippen LogP contribution is -2.24. The Labute approximate surface area is 101 Å². The van der Waals surface area contributed by atoms with Gasteiger partial charge in [-0.05, 0) is 31.0 Å². The molecule has 0 unspecified atom stereocenters. The summed E-state index contributed by atoms with van der Waals surface area (Å²) in [5.74, 6) is 0.613. The van der Waals surface area contributed by atoms with Crippen LogP contribution in [-0.2, 0) is 11.2 Å². The van der Waals surface area contributed by atoms with E-state index in [1.807, 2.05) is 37.3 Å². The minimum atomic E-state index is -0.228. The SMILES string of the molecule is CCOc1cccc(CCNC(=O)CC#N)c1. The molecule has 17 heavy (non-hydrogen) atoms. The van der Waals surface area contributed by atoms with Crippen LogP contribution in [0.5, 0.6) is 5.75 Å². The maximum Gasteiger partial charge on any atom is 0.234 e. The van der Waals surface area contributed by atoms with Crippen molar-refractivity contribution in [2.75, 3.05) is 13.2 Å². The fourth-order valence-electron chi connectivity index (χ4n) is 1.44. The van der Waals surface area contributed by atoms with Crippen LogP contribution >= 0.6 is 0 Å². The molecule has 1 aromatic carbocycles. The van der Waals surface area contributed by atoms with Gasteiger partial charge in [-0.1, -0.05) is 12.1 Å². The second-order valence-electron chi connectivity index (χ2n) is 3.52. The van der Waals surface area contributed by atoms with E-state index in [0.29, 0.717) is 13.2 Å². The first-order valence-corrected chi connectivity index (χ1v) is 5.61. The number of carbonyl (C=O) groups excluding carboxylic acids is 1. The van der Waals surface area contributed by atoms with Crippen molar-refractivity contribution in [2.45, 2.75) is 19.8 Å². The topological polar surface area (TPSA) is 62.1 Å². The van der Waals surface area contributed by atoms with Crippen molar-refractivity contribution in [3.8, 4) is 11.8 Å². The molecular weight excluding hydrogens is 216 g/mol. The van der Waals surface area contributed by atoms with E-state index in [0.717, 1.165) is 17.7 Å². The van der Waals surface area contributed by atoms with E-state index >= 15 is 0 Å². The molecule has 0 saturated heterocycles. The van der Waals surface area contributed by atoms with Crippen LogP contribution in [0, 0.1) is 11.3 Å².